The minimum Gasteiger partial charge on any atom is -0.478 e. The fourth-order valence-corrected chi connectivity index (χ4v) is 3.13. The van der Waals surface area contributed by atoms with Crippen LogP contribution in [0.15, 0.2) is 33.7 Å². The second kappa shape index (κ2) is 9.23. The number of rotatable bonds is 9. The van der Waals surface area contributed by atoms with Gasteiger partial charge in [-0.05, 0) is 40.9 Å². The number of hydrogen-bond acceptors (Lipinski definition) is 5. The molecule has 3 aromatic rings. The van der Waals surface area contributed by atoms with Crippen LogP contribution < -0.4 is 15.2 Å². The van der Waals surface area contributed by atoms with Gasteiger partial charge in [-0.15, -0.1) is 0 Å². The quantitative estimate of drug-likeness (QED) is 0.457. The molecule has 3 aromatic heterocycles. The van der Waals surface area contributed by atoms with Gasteiger partial charge in [-0.25, -0.2) is 14.3 Å². The first-order valence-electron chi connectivity index (χ1n) is 9.56. The molecule has 0 aliphatic carbocycles. The van der Waals surface area contributed by atoms with Crippen LogP contribution in [0.4, 0.5) is 0 Å². The molecule has 0 aliphatic heterocycles. The largest absolute Gasteiger partial charge is 0.478 e. The SMILES string of the molecule is CCCCOc1ccc(-n2c(=O)n(C)c3cc(Br)cnc32)c(OCCCC)n1. The molecule has 7 nitrogen and oxygen atoms in total. The van der Waals surface area contributed by atoms with Crippen LogP contribution in [-0.4, -0.2) is 32.3 Å². The van der Waals surface area contributed by atoms with Crippen molar-refractivity contribution in [3.8, 4) is 17.4 Å². The summed E-state index contributed by atoms with van der Waals surface area (Å²) in [7, 11) is 1.72. The number of aromatic nitrogens is 4. The maximum atomic E-state index is 12.9. The van der Waals surface area contributed by atoms with Gasteiger partial charge in [0.2, 0.25) is 11.8 Å². The molecule has 0 fully saturated rings. The van der Waals surface area contributed by atoms with Crippen molar-refractivity contribution in [1.29, 1.82) is 0 Å². The third-order valence-corrected chi connectivity index (χ3v) is 4.84. The van der Waals surface area contributed by atoms with Crippen molar-refractivity contribution in [3.05, 3.63) is 39.4 Å². The highest BCUT2D eigenvalue weighted by Gasteiger charge is 2.19. The van der Waals surface area contributed by atoms with Crippen molar-refractivity contribution >= 4 is 27.1 Å². The number of hydrogen-bond donors (Lipinski definition) is 0. The molecular weight excluding hydrogens is 424 g/mol. The van der Waals surface area contributed by atoms with Crippen LogP contribution in [0.1, 0.15) is 39.5 Å². The molecular formula is C20H25BrN4O3. The molecule has 0 aliphatic rings. The van der Waals surface area contributed by atoms with Crippen LogP contribution in [0.3, 0.4) is 0 Å². The van der Waals surface area contributed by atoms with Crippen LogP contribution >= 0.6 is 15.9 Å². The fourth-order valence-electron chi connectivity index (χ4n) is 2.81. The standard InChI is InChI=1S/C20H25BrN4O3/c1-4-6-10-27-17-9-8-15(19(23-17)28-11-7-5-2)25-18-16(24(3)20(25)26)12-14(21)13-22-18/h8-9,12-13H,4-7,10-11H2,1-3H3. The third-order valence-electron chi connectivity index (χ3n) is 4.41. The number of ether oxygens (including phenoxy) is 2. The Hall–Kier alpha value is -2.35. The van der Waals surface area contributed by atoms with E-state index >= 15 is 0 Å². The molecule has 0 atom stereocenters. The lowest BCUT2D eigenvalue weighted by molar-refractivity contribution is 0.272. The Morgan fingerprint density at radius 1 is 1.11 bits per heavy atom. The van der Waals surface area contributed by atoms with Crippen molar-refractivity contribution in [2.45, 2.75) is 39.5 Å². The van der Waals surface area contributed by atoms with Gasteiger partial charge in [0, 0.05) is 23.8 Å². The smallest absolute Gasteiger partial charge is 0.334 e. The topological polar surface area (TPSA) is 71.2 Å². The van der Waals surface area contributed by atoms with Gasteiger partial charge in [0.25, 0.3) is 0 Å². The van der Waals surface area contributed by atoms with Gasteiger partial charge in [-0.2, -0.15) is 4.98 Å². The Morgan fingerprint density at radius 3 is 2.54 bits per heavy atom. The molecule has 0 amide bonds. The van der Waals surface area contributed by atoms with E-state index in [-0.39, 0.29) is 5.69 Å². The van der Waals surface area contributed by atoms with E-state index < -0.39 is 0 Å². The highest BCUT2D eigenvalue weighted by molar-refractivity contribution is 9.10. The Kier molecular flexibility index (Phi) is 6.72. The van der Waals surface area contributed by atoms with Gasteiger partial charge in [0.05, 0.1) is 18.7 Å². The van der Waals surface area contributed by atoms with E-state index in [0.29, 0.717) is 36.3 Å². The Balaban J connectivity index is 2.08. The van der Waals surface area contributed by atoms with Gasteiger partial charge in [0.1, 0.15) is 5.69 Å². The minimum absolute atomic E-state index is 0.206. The zero-order valence-corrected chi connectivity index (χ0v) is 18.0. The molecule has 0 aromatic carbocycles. The molecule has 8 heteroatoms. The normalized spacial score (nSPS) is 11.1. The fraction of sp³-hybridized carbons (Fsp3) is 0.450. The number of nitrogens with zero attached hydrogens (tertiary/aromatic N) is 4. The Labute approximate surface area is 172 Å². The summed E-state index contributed by atoms with van der Waals surface area (Å²) in [5, 5.41) is 0. The highest BCUT2D eigenvalue weighted by Crippen LogP contribution is 2.27. The van der Waals surface area contributed by atoms with Crippen LogP contribution in [0, 0.1) is 0 Å². The summed E-state index contributed by atoms with van der Waals surface area (Å²) in [5.74, 6) is 0.870. The van der Waals surface area contributed by atoms with Gasteiger partial charge >= 0.3 is 5.69 Å². The van der Waals surface area contributed by atoms with E-state index in [9.17, 15) is 4.79 Å². The molecule has 0 N–H and O–H groups in total. The third kappa shape index (κ3) is 4.22. The Bertz CT molecular complexity index is 1010. The maximum Gasteiger partial charge on any atom is 0.334 e. The molecule has 150 valence electrons. The van der Waals surface area contributed by atoms with E-state index in [2.05, 4.69) is 39.7 Å². The summed E-state index contributed by atoms with van der Waals surface area (Å²) in [4.78, 5) is 21.9. The second-order valence-electron chi connectivity index (χ2n) is 6.55. The van der Waals surface area contributed by atoms with E-state index in [1.807, 2.05) is 6.07 Å². The molecule has 3 heterocycles. The molecule has 0 bridgehead atoms. The summed E-state index contributed by atoms with van der Waals surface area (Å²) in [6.07, 6.45) is 5.58. The van der Waals surface area contributed by atoms with Gasteiger partial charge in [-0.3, -0.25) is 4.57 Å². The highest BCUT2D eigenvalue weighted by atomic mass is 79.9. The molecule has 28 heavy (non-hydrogen) atoms. The van der Waals surface area contributed by atoms with E-state index in [1.54, 1.807) is 29.9 Å². The van der Waals surface area contributed by atoms with Crippen LogP contribution in [0.2, 0.25) is 0 Å². The molecule has 0 unspecified atom stereocenters. The summed E-state index contributed by atoms with van der Waals surface area (Å²) in [5.41, 5.74) is 1.63. The molecule has 0 saturated heterocycles. The zero-order valence-electron chi connectivity index (χ0n) is 16.4. The first-order valence-corrected chi connectivity index (χ1v) is 10.4. The van der Waals surface area contributed by atoms with Gasteiger partial charge < -0.3 is 9.47 Å². The predicted molar refractivity (Wildman–Crippen MR) is 113 cm³/mol. The lowest BCUT2D eigenvalue weighted by Gasteiger charge is -2.13. The minimum atomic E-state index is -0.206. The van der Waals surface area contributed by atoms with E-state index in [0.717, 1.165) is 35.7 Å². The van der Waals surface area contributed by atoms with Crippen molar-refractivity contribution in [2.24, 2.45) is 7.05 Å². The van der Waals surface area contributed by atoms with Crippen molar-refractivity contribution < 1.29 is 9.47 Å². The summed E-state index contributed by atoms with van der Waals surface area (Å²) in [6, 6.07) is 5.44. The van der Waals surface area contributed by atoms with E-state index in [1.165, 1.54) is 4.57 Å². The maximum absolute atomic E-state index is 12.9. The monoisotopic (exact) mass is 448 g/mol. The molecule has 0 saturated carbocycles. The van der Waals surface area contributed by atoms with Gasteiger partial charge in [-0.1, -0.05) is 26.7 Å². The average molecular weight is 449 g/mol. The predicted octanol–water partition coefficient (Wildman–Crippen LogP) is 4.24. The van der Waals surface area contributed by atoms with Crippen LogP contribution in [0.5, 0.6) is 11.8 Å². The number of fused-ring (bicyclic) bond motifs is 1. The van der Waals surface area contributed by atoms with Gasteiger partial charge in [0.15, 0.2) is 5.65 Å². The number of halogens is 1. The molecule has 3 rings (SSSR count). The lowest BCUT2D eigenvalue weighted by Crippen LogP contribution is -2.22. The first-order chi connectivity index (χ1) is 13.6. The zero-order chi connectivity index (χ0) is 20.1. The first kappa shape index (κ1) is 20.4. The number of pyridine rings is 2. The lowest BCUT2D eigenvalue weighted by atomic mass is 10.3. The van der Waals surface area contributed by atoms with Crippen LogP contribution in [-0.2, 0) is 7.05 Å². The molecule has 0 radical (unpaired) electrons. The average Bonchev–Trinajstić information content (AvgIpc) is 2.93. The molecule has 0 spiro atoms. The van der Waals surface area contributed by atoms with Crippen LogP contribution in [0.25, 0.3) is 16.9 Å². The number of imidazole rings is 1. The van der Waals surface area contributed by atoms with Crippen molar-refractivity contribution in [1.82, 2.24) is 19.1 Å². The summed E-state index contributed by atoms with van der Waals surface area (Å²) in [6.45, 7) is 5.32. The van der Waals surface area contributed by atoms with E-state index in [4.69, 9.17) is 9.47 Å². The second-order valence-corrected chi connectivity index (χ2v) is 7.47. The summed E-state index contributed by atoms with van der Waals surface area (Å²) < 4.78 is 15.5. The van der Waals surface area contributed by atoms with Crippen molar-refractivity contribution in [2.75, 3.05) is 13.2 Å². The number of aryl methyl sites for hydroxylation is 1. The Morgan fingerprint density at radius 2 is 1.82 bits per heavy atom. The number of unbranched alkanes of at least 4 members (excludes halogenated alkanes) is 2. The van der Waals surface area contributed by atoms with Crippen molar-refractivity contribution in [3.63, 3.8) is 0 Å². The summed E-state index contributed by atoms with van der Waals surface area (Å²) >= 11 is 3.41.